The van der Waals surface area contributed by atoms with Crippen molar-refractivity contribution in [3.8, 4) is 0 Å². The third-order valence-electron chi connectivity index (χ3n) is 2.50. The van der Waals surface area contributed by atoms with Gasteiger partial charge in [-0.25, -0.2) is 4.98 Å². The fourth-order valence-electron chi connectivity index (χ4n) is 1.85. The average Bonchev–Trinajstić information content (AvgIpc) is 2.47. The SMILES string of the molecule is CC1CC(S)CN1c1ccccn1. The molecule has 0 amide bonds. The van der Waals surface area contributed by atoms with Gasteiger partial charge in [-0.05, 0) is 25.5 Å². The van der Waals surface area contributed by atoms with Gasteiger partial charge >= 0.3 is 0 Å². The fourth-order valence-corrected chi connectivity index (χ4v) is 2.33. The number of hydrogen-bond acceptors (Lipinski definition) is 3. The third-order valence-corrected chi connectivity index (χ3v) is 2.87. The largest absolute Gasteiger partial charge is 0.353 e. The van der Waals surface area contributed by atoms with Crippen LogP contribution in [0, 0.1) is 0 Å². The molecule has 1 aliphatic heterocycles. The Morgan fingerprint density at radius 1 is 1.54 bits per heavy atom. The van der Waals surface area contributed by atoms with Gasteiger partial charge in [-0.2, -0.15) is 12.6 Å². The van der Waals surface area contributed by atoms with Crippen LogP contribution in [-0.2, 0) is 0 Å². The Bertz CT molecular complexity index is 276. The number of pyridine rings is 1. The minimum Gasteiger partial charge on any atom is -0.353 e. The van der Waals surface area contributed by atoms with Crippen molar-refractivity contribution in [3.63, 3.8) is 0 Å². The number of rotatable bonds is 1. The van der Waals surface area contributed by atoms with Crippen molar-refractivity contribution < 1.29 is 0 Å². The smallest absolute Gasteiger partial charge is 0.128 e. The van der Waals surface area contributed by atoms with Crippen LogP contribution in [0.25, 0.3) is 0 Å². The Morgan fingerprint density at radius 2 is 2.38 bits per heavy atom. The van der Waals surface area contributed by atoms with Crippen LogP contribution in [0.3, 0.4) is 0 Å². The monoisotopic (exact) mass is 194 g/mol. The van der Waals surface area contributed by atoms with E-state index < -0.39 is 0 Å². The molecule has 70 valence electrons. The van der Waals surface area contributed by atoms with Crippen molar-refractivity contribution in [3.05, 3.63) is 24.4 Å². The van der Waals surface area contributed by atoms with E-state index in [1.54, 1.807) is 0 Å². The van der Waals surface area contributed by atoms with Gasteiger partial charge in [0.25, 0.3) is 0 Å². The summed E-state index contributed by atoms with van der Waals surface area (Å²) in [6.07, 6.45) is 2.99. The Hall–Kier alpha value is -0.700. The number of thiol groups is 1. The maximum atomic E-state index is 4.49. The maximum absolute atomic E-state index is 4.49. The predicted molar refractivity (Wildman–Crippen MR) is 58.4 cm³/mol. The zero-order chi connectivity index (χ0) is 9.26. The molecule has 1 saturated heterocycles. The van der Waals surface area contributed by atoms with Crippen LogP contribution in [0.5, 0.6) is 0 Å². The van der Waals surface area contributed by atoms with Gasteiger partial charge in [0.1, 0.15) is 5.82 Å². The first-order chi connectivity index (χ1) is 6.27. The van der Waals surface area contributed by atoms with E-state index in [2.05, 4.69) is 35.5 Å². The zero-order valence-electron chi connectivity index (χ0n) is 7.72. The highest BCUT2D eigenvalue weighted by atomic mass is 32.1. The van der Waals surface area contributed by atoms with E-state index in [0.717, 1.165) is 18.8 Å². The van der Waals surface area contributed by atoms with Crippen molar-refractivity contribution in [2.75, 3.05) is 11.4 Å². The molecule has 2 atom stereocenters. The molecule has 0 N–H and O–H groups in total. The molecule has 2 unspecified atom stereocenters. The van der Waals surface area contributed by atoms with Crippen LogP contribution < -0.4 is 4.90 Å². The summed E-state index contributed by atoms with van der Waals surface area (Å²) in [5.41, 5.74) is 0. The van der Waals surface area contributed by atoms with Gasteiger partial charge in [-0.1, -0.05) is 6.07 Å². The number of anilines is 1. The first-order valence-corrected chi connectivity index (χ1v) is 5.15. The van der Waals surface area contributed by atoms with Crippen molar-refractivity contribution in [2.45, 2.75) is 24.6 Å². The first kappa shape index (κ1) is 8.88. The lowest BCUT2D eigenvalue weighted by Gasteiger charge is -2.21. The lowest BCUT2D eigenvalue weighted by atomic mass is 10.2. The maximum Gasteiger partial charge on any atom is 0.128 e. The molecule has 2 heterocycles. The summed E-state index contributed by atoms with van der Waals surface area (Å²) >= 11 is 4.49. The molecule has 13 heavy (non-hydrogen) atoms. The molecule has 1 aliphatic rings. The van der Waals surface area contributed by atoms with Crippen LogP contribution >= 0.6 is 12.6 Å². The molecule has 3 heteroatoms. The highest BCUT2D eigenvalue weighted by Crippen LogP contribution is 2.25. The van der Waals surface area contributed by atoms with Crippen LogP contribution in [0.15, 0.2) is 24.4 Å². The first-order valence-electron chi connectivity index (χ1n) is 4.63. The average molecular weight is 194 g/mol. The number of hydrogen-bond donors (Lipinski definition) is 1. The van der Waals surface area contributed by atoms with Gasteiger partial charge in [-0.3, -0.25) is 0 Å². The highest BCUT2D eigenvalue weighted by molar-refractivity contribution is 7.81. The van der Waals surface area contributed by atoms with Crippen LogP contribution in [0.2, 0.25) is 0 Å². The molecular weight excluding hydrogens is 180 g/mol. The van der Waals surface area contributed by atoms with Crippen LogP contribution in [-0.4, -0.2) is 22.8 Å². The summed E-state index contributed by atoms with van der Waals surface area (Å²) in [4.78, 5) is 6.65. The normalized spacial score (nSPS) is 28.0. The van der Waals surface area contributed by atoms with Crippen LogP contribution in [0.1, 0.15) is 13.3 Å². The minimum atomic E-state index is 0.497. The number of nitrogens with zero attached hydrogens (tertiary/aromatic N) is 2. The zero-order valence-corrected chi connectivity index (χ0v) is 8.61. The van der Waals surface area contributed by atoms with Gasteiger partial charge in [0.2, 0.25) is 0 Å². The lowest BCUT2D eigenvalue weighted by molar-refractivity contribution is 0.729. The standard InChI is InChI=1S/C10H14N2S/c1-8-6-9(13)7-12(8)10-4-2-3-5-11-10/h2-5,8-9,13H,6-7H2,1H3. The summed E-state index contributed by atoms with van der Waals surface area (Å²) < 4.78 is 0. The summed E-state index contributed by atoms with van der Waals surface area (Å²) in [5.74, 6) is 1.08. The summed E-state index contributed by atoms with van der Waals surface area (Å²) in [5, 5.41) is 0.497. The quantitative estimate of drug-likeness (QED) is 0.688. The second-order valence-corrected chi connectivity index (χ2v) is 4.31. The van der Waals surface area contributed by atoms with E-state index in [0.29, 0.717) is 11.3 Å². The van der Waals surface area contributed by atoms with Gasteiger partial charge in [0, 0.05) is 24.0 Å². The second-order valence-electron chi connectivity index (χ2n) is 3.58. The Kier molecular flexibility index (Phi) is 2.44. The Labute approximate surface area is 84.4 Å². The fraction of sp³-hybridized carbons (Fsp3) is 0.500. The molecule has 0 radical (unpaired) electrons. The Morgan fingerprint density at radius 3 is 2.92 bits per heavy atom. The van der Waals surface area contributed by atoms with Crippen molar-refractivity contribution >= 4 is 18.4 Å². The van der Waals surface area contributed by atoms with Gasteiger partial charge in [0.05, 0.1) is 0 Å². The molecule has 1 aromatic rings. The molecule has 0 saturated carbocycles. The van der Waals surface area contributed by atoms with E-state index in [1.165, 1.54) is 0 Å². The Balaban J connectivity index is 2.18. The van der Waals surface area contributed by atoms with E-state index >= 15 is 0 Å². The predicted octanol–water partition coefficient (Wildman–Crippen LogP) is 1.98. The molecule has 1 aromatic heterocycles. The minimum absolute atomic E-state index is 0.497. The topological polar surface area (TPSA) is 16.1 Å². The highest BCUT2D eigenvalue weighted by Gasteiger charge is 2.27. The second kappa shape index (κ2) is 3.58. The summed E-state index contributed by atoms with van der Waals surface area (Å²) in [7, 11) is 0. The molecule has 2 nitrogen and oxygen atoms in total. The van der Waals surface area contributed by atoms with Crippen molar-refractivity contribution in [1.29, 1.82) is 0 Å². The van der Waals surface area contributed by atoms with Gasteiger partial charge in [0.15, 0.2) is 0 Å². The molecule has 1 fully saturated rings. The molecular formula is C10H14N2S. The van der Waals surface area contributed by atoms with Gasteiger partial charge in [-0.15, -0.1) is 0 Å². The number of aromatic nitrogens is 1. The van der Waals surface area contributed by atoms with Crippen LogP contribution in [0.4, 0.5) is 5.82 Å². The van der Waals surface area contributed by atoms with E-state index in [1.807, 2.05) is 18.3 Å². The summed E-state index contributed by atoms with van der Waals surface area (Å²) in [6, 6.07) is 6.60. The van der Waals surface area contributed by atoms with Crippen molar-refractivity contribution in [1.82, 2.24) is 4.98 Å². The third kappa shape index (κ3) is 1.80. The van der Waals surface area contributed by atoms with E-state index in [-0.39, 0.29) is 0 Å². The molecule has 0 spiro atoms. The molecule has 0 aliphatic carbocycles. The van der Waals surface area contributed by atoms with Gasteiger partial charge < -0.3 is 4.90 Å². The molecule has 0 aromatic carbocycles. The van der Waals surface area contributed by atoms with Crippen molar-refractivity contribution in [2.24, 2.45) is 0 Å². The van der Waals surface area contributed by atoms with E-state index in [9.17, 15) is 0 Å². The molecule has 2 rings (SSSR count). The lowest BCUT2D eigenvalue weighted by Crippen LogP contribution is -2.27. The van der Waals surface area contributed by atoms with E-state index in [4.69, 9.17) is 0 Å². The molecule has 0 bridgehead atoms. The summed E-state index contributed by atoms with van der Waals surface area (Å²) in [6.45, 7) is 3.24.